The fourth-order valence-electron chi connectivity index (χ4n) is 5.22. The quantitative estimate of drug-likeness (QED) is 0.0280. The molecule has 0 aliphatic carbocycles. The van der Waals surface area contributed by atoms with Crippen molar-refractivity contribution >= 4 is 13.7 Å². The maximum atomic E-state index is 12.6. The van der Waals surface area contributed by atoms with Crippen LogP contribution in [0, 0.1) is 0 Å². The summed E-state index contributed by atoms with van der Waals surface area (Å²) in [5.74, 6) is -0.187. The molecular formula is C36H74N2O6P+. The molecule has 0 fully saturated rings. The van der Waals surface area contributed by atoms with Gasteiger partial charge in [-0.05, 0) is 12.8 Å². The average molecular weight is 662 g/mol. The van der Waals surface area contributed by atoms with Crippen molar-refractivity contribution in [2.45, 2.75) is 174 Å². The minimum Gasteiger partial charge on any atom is -0.387 e. The monoisotopic (exact) mass is 662 g/mol. The Morgan fingerprint density at radius 2 is 1.18 bits per heavy atom. The van der Waals surface area contributed by atoms with E-state index < -0.39 is 20.0 Å². The molecule has 3 unspecified atom stereocenters. The number of likely N-dealkylation sites (N-methyl/N-ethyl adjacent to an activating group) is 1. The second-order valence-corrected chi connectivity index (χ2v) is 15.4. The van der Waals surface area contributed by atoms with Crippen molar-refractivity contribution in [2.24, 2.45) is 0 Å². The lowest BCUT2D eigenvalue weighted by Gasteiger charge is -2.25. The van der Waals surface area contributed by atoms with Crippen molar-refractivity contribution in [1.82, 2.24) is 5.32 Å². The summed E-state index contributed by atoms with van der Waals surface area (Å²) in [6.45, 7) is 4.60. The number of phosphoric ester groups is 1. The number of amides is 1. The van der Waals surface area contributed by atoms with Crippen molar-refractivity contribution in [1.29, 1.82) is 0 Å². The highest BCUT2D eigenvalue weighted by atomic mass is 31.2. The Kier molecular flexibility index (Phi) is 28.9. The highest BCUT2D eigenvalue weighted by Gasteiger charge is 2.27. The number of carbonyl (C=O) groups is 1. The molecule has 3 N–H and O–H groups in total. The van der Waals surface area contributed by atoms with Crippen LogP contribution in [0.2, 0.25) is 0 Å². The summed E-state index contributed by atoms with van der Waals surface area (Å²) in [7, 11) is 1.57. The second kappa shape index (κ2) is 29.4. The van der Waals surface area contributed by atoms with Crippen LogP contribution in [0.3, 0.4) is 0 Å². The number of allylic oxidation sites excluding steroid dienone is 1. The number of nitrogens with zero attached hydrogens (tertiary/aromatic N) is 1. The molecule has 0 saturated heterocycles. The van der Waals surface area contributed by atoms with E-state index in [9.17, 15) is 19.4 Å². The van der Waals surface area contributed by atoms with Crippen molar-refractivity contribution in [3.63, 3.8) is 0 Å². The van der Waals surface area contributed by atoms with Crippen LogP contribution < -0.4 is 5.32 Å². The predicted molar refractivity (Wildman–Crippen MR) is 189 cm³/mol. The first-order chi connectivity index (χ1) is 21.5. The van der Waals surface area contributed by atoms with E-state index in [1.807, 2.05) is 34.1 Å². The van der Waals surface area contributed by atoms with E-state index in [0.29, 0.717) is 17.4 Å². The first kappa shape index (κ1) is 44.2. The van der Waals surface area contributed by atoms with E-state index in [4.69, 9.17) is 9.05 Å². The lowest BCUT2D eigenvalue weighted by molar-refractivity contribution is -0.870. The summed E-state index contributed by atoms with van der Waals surface area (Å²) in [6.07, 6.45) is 30.8. The van der Waals surface area contributed by atoms with Gasteiger partial charge in [-0.2, -0.15) is 0 Å². The zero-order chi connectivity index (χ0) is 33.7. The largest absolute Gasteiger partial charge is 0.472 e. The fourth-order valence-corrected chi connectivity index (χ4v) is 5.96. The number of aliphatic hydroxyl groups is 1. The van der Waals surface area contributed by atoms with Gasteiger partial charge >= 0.3 is 7.82 Å². The number of rotatable bonds is 33. The first-order valence-electron chi connectivity index (χ1n) is 18.6. The molecule has 0 aliphatic heterocycles. The third kappa shape index (κ3) is 31.6. The Balaban J connectivity index is 4.00. The van der Waals surface area contributed by atoms with Crippen molar-refractivity contribution in [3.05, 3.63) is 12.2 Å². The fraction of sp³-hybridized carbons (Fsp3) is 0.917. The number of hydrogen-bond donors (Lipinski definition) is 3. The summed E-state index contributed by atoms with van der Waals surface area (Å²) in [4.78, 5) is 22.7. The van der Waals surface area contributed by atoms with E-state index in [1.165, 1.54) is 109 Å². The Bertz CT molecular complexity index is 758. The first-order valence-corrected chi connectivity index (χ1v) is 20.1. The van der Waals surface area contributed by atoms with Gasteiger partial charge in [-0.3, -0.25) is 13.8 Å². The highest BCUT2D eigenvalue weighted by Crippen LogP contribution is 2.43. The van der Waals surface area contributed by atoms with E-state index >= 15 is 0 Å². The lowest BCUT2D eigenvalue weighted by Crippen LogP contribution is -2.45. The number of aliphatic hydroxyl groups excluding tert-OH is 1. The van der Waals surface area contributed by atoms with Crippen LogP contribution in [0.5, 0.6) is 0 Å². The van der Waals surface area contributed by atoms with Gasteiger partial charge in [0.1, 0.15) is 13.2 Å². The molecule has 0 aromatic carbocycles. The van der Waals surface area contributed by atoms with Crippen molar-refractivity contribution in [3.8, 4) is 0 Å². The minimum atomic E-state index is -4.30. The summed E-state index contributed by atoms with van der Waals surface area (Å²) in [5.41, 5.74) is 0. The number of phosphoric acid groups is 1. The predicted octanol–water partition coefficient (Wildman–Crippen LogP) is 9.24. The zero-order valence-electron chi connectivity index (χ0n) is 30.1. The van der Waals surface area contributed by atoms with E-state index in [2.05, 4.69) is 12.2 Å². The van der Waals surface area contributed by atoms with Gasteiger partial charge in [0, 0.05) is 6.42 Å². The molecule has 0 bridgehead atoms. The van der Waals surface area contributed by atoms with Gasteiger partial charge in [0.05, 0.1) is 39.9 Å². The van der Waals surface area contributed by atoms with Gasteiger partial charge < -0.3 is 19.8 Å². The molecule has 8 nitrogen and oxygen atoms in total. The van der Waals surface area contributed by atoms with E-state index in [-0.39, 0.29) is 19.1 Å². The van der Waals surface area contributed by atoms with Crippen LogP contribution in [0.1, 0.15) is 162 Å². The summed E-state index contributed by atoms with van der Waals surface area (Å²) in [6, 6.07) is -0.835. The standard InChI is InChI=1S/C36H73N2O6P/c1-6-8-10-11-12-13-14-15-16-17-18-19-20-21-22-23-24-25-26-28-30-36(40)37-34(35(39)29-27-9-7-2)33-44-45(41,42)43-32-31-38(3,4)5/h27,29,34-35,39H,6-26,28,30-33H2,1-5H3,(H-,37,40,41,42)/p+1/b29-27+. The van der Waals surface area contributed by atoms with Crippen LogP contribution in [-0.4, -0.2) is 73.4 Å². The number of quaternary nitrogens is 1. The molecule has 0 radical (unpaired) electrons. The van der Waals surface area contributed by atoms with Crippen LogP contribution >= 0.6 is 7.82 Å². The molecule has 0 rings (SSSR count). The molecule has 0 aromatic heterocycles. The second-order valence-electron chi connectivity index (χ2n) is 14.0. The number of nitrogens with one attached hydrogen (secondary N) is 1. The number of hydrogen-bond acceptors (Lipinski definition) is 5. The van der Waals surface area contributed by atoms with Gasteiger partial charge in [0.2, 0.25) is 5.91 Å². The molecular weight excluding hydrogens is 587 g/mol. The summed E-state index contributed by atoms with van der Waals surface area (Å²) >= 11 is 0. The summed E-state index contributed by atoms with van der Waals surface area (Å²) < 4.78 is 23.1. The minimum absolute atomic E-state index is 0.0622. The average Bonchev–Trinajstić information content (AvgIpc) is 2.97. The lowest BCUT2D eigenvalue weighted by atomic mass is 10.0. The van der Waals surface area contributed by atoms with Crippen LogP contribution in [0.25, 0.3) is 0 Å². The Morgan fingerprint density at radius 3 is 1.60 bits per heavy atom. The molecule has 3 atom stereocenters. The smallest absolute Gasteiger partial charge is 0.387 e. The molecule has 0 aromatic rings. The highest BCUT2D eigenvalue weighted by molar-refractivity contribution is 7.47. The van der Waals surface area contributed by atoms with Crippen LogP contribution in [-0.2, 0) is 18.4 Å². The van der Waals surface area contributed by atoms with Gasteiger partial charge in [0.15, 0.2) is 0 Å². The molecule has 1 amide bonds. The Labute approximate surface area is 278 Å². The number of carbonyl (C=O) groups excluding carboxylic acids is 1. The normalized spacial score (nSPS) is 14.9. The Hall–Kier alpha value is -0.760. The molecule has 9 heteroatoms. The van der Waals surface area contributed by atoms with Gasteiger partial charge in [0.25, 0.3) is 0 Å². The molecule has 0 spiro atoms. The van der Waals surface area contributed by atoms with Crippen molar-refractivity contribution in [2.75, 3.05) is 40.9 Å². The van der Waals surface area contributed by atoms with Gasteiger partial charge in [-0.1, -0.05) is 154 Å². The molecule has 0 heterocycles. The molecule has 268 valence electrons. The third-order valence-corrected chi connectivity index (χ3v) is 9.22. The van der Waals surface area contributed by atoms with Crippen molar-refractivity contribution < 1.29 is 32.9 Å². The molecule has 0 aliphatic rings. The Morgan fingerprint density at radius 1 is 0.733 bits per heavy atom. The van der Waals surface area contributed by atoms with Gasteiger partial charge in [-0.25, -0.2) is 4.57 Å². The van der Waals surface area contributed by atoms with E-state index in [1.54, 1.807) is 6.08 Å². The van der Waals surface area contributed by atoms with Crippen LogP contribution in [0.15, 0.2) is 12.2 Å². The molecule has 0 saturated carbocycles. The topological polar surface area (TPSA) is 105 Å². The SMILES string of the molecule is CCC/C=C/C(O)C(COP(=O)(O)OCC[N+](C)(C)C)NC(=O)CCCCCCCCCCCCCCCCCCCCCC. The zero-order valence-corrected chi connectivity index (χ0v) is 31.0. The number of unbranched alkanes of at least 4 members (excludes halogenated alkanes) is 20. The maximum absolute atomic E-state index is 12.6. The van der Waals surface area contributed by atoms with Gasteiger partial charge in [-0.15, -0.1) is 0 Å². The molecule has 45 heavy (non-hydrogen) atoms. The summed E-state index contributed by atoms with van der Waals surface area (Å²) in [5, 5.41) is 13.4. The van der Waals surface area contributed by atoms with Crippen LogP contribution in [0.4, 0.5) is 0 Å². The third-order valence-electron chi connectivity index (χ3n) is 8.24. The maximum Gasteiger partial charge on any atom is 0.472 e. The van der Waals surface area contributed by atoms with E-state index in [0.717, 1.165) is 32.1 Å².